The monoisotopic (exact) mass is 563 g/mol. The number of nitrogens with one attached hydrogen (secondary N) is 1. The number of nitrogens with zero attached hydrogens (tertiary/aromatic N) is 4. The largest absolute Gasteiger partial charge is 0.377 e. The van der Waals surface area contributed by atoms with Crippen LogP contribution in [0.25, 0.3) is 0 Å². The number of ether oxygens (including phenoxy) is 1. The molecule has 0 aromatic heterocycles. The molecule has 0 radical (unpaired) electrons. The molecule has 32 heavy (non-hydrogen) atoms. The topological polar surface area (TPSA) is 60.4 Å². The summed E-state index contributed by atoms with van der Waals surface area (Å²) in [5.41, 5.74) is 0.141. The first-order valence-electron chi connectivity index (χ1n) is 12.5. The SMILES string of the molecule is CCNC(=NCC1CCCOC1C(C)(C)C)N1CCN(C(C)C(=O)N2CCCC2)CC1.I. The number of halogens is 1. The van der Waals surface area contributed by atoms with Crippen LogP contribution < -0.4 is 5.32 Å². The molecule has 3 heterocycles. The van der Waals surface area contributed by atoms with Crippen molar-refractivity contribution >= 4 is 35.8 Å². The fourth-order valence-electron chi connectivity index (χ4n) is 5.30. The summed E-state index contributed by atoms with van der Waals surface area (Å²) in [5, 5.41) is 3.50. The third kappa shape index (κ3) is 7.19. The van der Waals surface area contributed by atoms with Gasteiger partial charge in [0.25, 0.3) is 0 Å². The van der Waals surface area contributed by atoms with Crippen molar-refractivity contribution in [3.8, 4) is 0 Å². The molecule has 0 saturated carbocycles. The van der Waals surface area contributed by atoms with E-state index in [1.807, 2.05) is 4.90 Å². The Balaban J connectivity index is 0.00000363. The first-order valence-corrected chi connectivity index (χ1v) is 12.5. The fraction of sp³-hybridized carbons (Fsp3) is 0.917. The van der Waals surface area contributed by atoms with Crippen LogP contribution >= 0.6 is 24.0 Å². The van der Waals surface area contributed by atoms with Crippen molar-refractivity contribution in [2.24, 2.45) is 16.3 Å². The van der Waals surface area contributed by atoms with E-state index in [1.165, 1.54) is 6.42 Å². The van der Waals surface area contributed by atoms with E-state index in [0.717, 1.165) is 84.2 Å². The fourth-order valence-corrected chi connectivity index (χ4v) is 5.30. The van der Waals surface area contributed by atoms with Crippen molar-refractivity contribution in [2.45, 2.75) is 72.4 Å². The zero-order valence-electron chi connectivity index (χ0n) is 20.9. The zero-order valence-corrected chi connectivity index (χ0v) is 23.3. The van der Waals surface area contributed by atoms with Crippen LogP contribution in [0.15, 0.2) is 4.99 Å². The lowest BCUT2D eigenvalue weighted by Gasteiger charge is -2.41. The van der Waals surface area contributed by atoms with Gasteiger partial charge in [0, 0.05) is 64.9 Å². The number of hydrogen-bond acceptors (Lipinski definition) is 4. The van der Waals surface area contributed by atoms with Crippen LogP contribution in [0, 0.1) is 11.3 Å². The molecular formula is C24H46IN5O2. The van der Waals surface area contributed by atoms with Crippen molar-refractivity contribution in [3.05, 3.63) is 0 Å². The molecule has 3 aliphatic heterocycles. The summed E-state index contributed by atoms with van der Waals surface area (Å²) in [5.74, 6) is 1.79. The number of hydrogen-bond donors (Lipinski definition) is 1. The lowest BCUT2D eigenvalue weighted by molar-refractivity contribution is -0.135. The molecule has 7 nitrogen and oxygen atoms in total. The maximum Gasteiger partial charge on any atom is 0.239 e. The molecule has 0 aliphatic carbocycles. The Kier molecular flexibility index (Phi) is 11.0. The van der Waals surface area contributed by atoms with E-state index in [4.69, 9.17) is 9.73 Å². The number of likely N-dealkylation sites (tertiary alicyclic amines) is 1. The molecule has 3 saturated heterocycles. The Morgan fingerprint density at radius 2 is 1.72 bits per heavy atom. The van der Waals surface area contributed by atoms with Gasteiger partial charge in [0.15, 0.2) is 5.96 Å². The Bertz CT molecular complexity index is 610. The molecule has 3 atom stereocenters. The van der Waals surface area contributed by atoms with Gasteiger partial charge in [0.2, 0.25) is 5.91 Å². The average Bonchev–Trinajstić information content (AvgIpc) is 3.30. The van der Waals surface area contributed by atoms with Crippen molar-refractivity contribution in [1.29, 1.82) is 0 Å². The van der Waals surface area contributed by atoms with E-state index in [1.54, 1.807) is 0 Å². The van der Waals surface area contributed by atoms with E-state index in [0.29, 0.717) is 11.8 Å². The Morgan fingerprint density at radius 1 is 1.06 bits per heavy atom. The summed E-state index contributed by atoms with van der Waals surface area (Å²) in [6.45, 7) is 19.1. The summed E-state index contributed by atoms with van der Waals surface area (Å²) in [7, 11) is 0. The van der Waals surface area contributed by atoms with Gasteiger partial charge in [-0.1, -0.05) is 20.8 Å². The minimum absolute atomic E-state index is 0. The van der Waals surface area contributed by atoms with Crippen LogP contribution in [0.4, 0.5) is 0 Å². The van der Waals surface area contributed by atoms with E-state index in [-0.39, 0.29) is 41.5 Å². The second-order valence-electron chi connectivity index (χ2n) is 10.5. The zero-order chi connectivity index (χ0) is 22.4. The smallest absolute Gasteiger partial charge is 0.239 e. The predicted octanol–water partition coefficient (Wildman–Crippen LogP) is 3.04. The molecule has 1 amide bonds. The van der Waals surface area contributed by atoms with Crippen molar-refractivity contribution < 1.29 is 9.53 Å². The molecule has 0 bridgehead atoms. The lowest BCUT2D eigenvalue weighted by atomic mass is 9.78. The predicted molar refractivity (Wildman–Crippen MR) is 142 cm³/mol. The lowest BCUT2D eigenvalue weighted by Crippen LogP contribution is -2.57. The highest BCUT2D eigenvalue weighted by atomic mass is 127. The molecule has 0 aromatic rings. The molecule has 3 aliphatic rings. The van der Waals surface area contributed by atoms with Gasteiger partial charge in [0.05, 0.1) is 12.1 Å². The molecule has 3 unspecified atom stereocenters. The first kappa shape index (κ1) is 27.6. The number of amides is 1. The highest BCUT2D eigenvalue weighted by molar-refractivity contribution is 14.0. The van der Waals surface area contributed by atoms with Crippen LogP contribution in [0.5, 0.6) is 0 Å². The molecule has 0 spiro atoms. The number of guanidine groups is 1. The Labute approximate surface area is 212 Å². The van der Waals surface area contributed by atoms with Gasteiger partial charge in [-0.05, 0) is 44.9 Å². The highest BCUT2D eigenvalue weighted by Crippen LogP contribution is 2.34. The molecule has 0 aromatic carbocycles. The summed E-state index contributed by atoms with van der Waals surface area (Å²) < 4.78 is 6.15. The number of rotatable bonds is 5. The second-order valence-corrected chi connectivity index (χ2v) is 10.5. The van der Waals surface area contributed by atoms with Gasteiger partial charge in [-0.2, -0.15) is 0 Å². The van der Waals surface area contributed by atoms with Crippen molar-refractivity contribution in [3.63, 3.8) is 0 Å². The summed E-state index contributed by atoms with van der Waals surface area (Å²) in [6, 6.07) is -0.0216. The van der Waals surface area contributed by atoms with Crippen LogP contribution in [0.2, 0.25) is 0 Å². The average molecular weight is 564 g/mol. The van der Waals surface area contributed by atoms with Gasteiger partial charge >= 0.3 is 0 Å². The van der Waals surface area contributed by atoms with Crippen LogP contribution in [0.1, 0.15) is 60.3 Å². The minimum atomic E-state index is -0.0216. The third-order valence-corrected chi connectivity index (χ3v) is 7.05. The second kappa shape index (κ2) is 12.7. The normalized spacial score (nSPS) is 26.6. The molecular weight excluding hydrogens is 517 g/mol. The van der Waals surface area contributed by atoms with Gasteiger partial charge in [0.1, 0.15) is 0 Å². The third-order valence-electron chi connectivity index (χ3n) is 7.05. The minimum Gasteiger partial charge on any atom is -0.377 e. The van der Waals surface area contributed by atoms with E-state index >= 15 is 0 Å². The quantitative estimate of drug-likeness (QED) is 0.317. The van der Waals surface area contributed by atoms with E-state index < -0.39 is 0 Å². The van der Waals surface area contributed by atoms with Crippen molar-refractivity contribution in [1.82, 2.24) is 20.0 Å². The Hall–Kier alpha value is -0.610. The maximum absolute atomic E-state index is 12.8. The molecule has 8 heteroatoms. The molecule has 3 fully saturated rings. The number of carbonyl (C=O) groups is 1. The number of carbonyl (C=O) groups excluding carboxylic acids is 1. The molecule has 1 N–H and O–H groups in total. The Morgan fingerprint density at radius 3 is 2.31 bits per heavy atom. The van der Waals surface area contributed by atoms with E-state index in [2.05, 4.69) is 49.7 Å². The van der Waals surface area contributed by atoms with Gasteiger partial charge in [-0.3, -0.25) is 14.7 Å². The van der Waals surface area contributed by atoms with E-state index in [9.17, 15) is 4.79 Å². The summed E-state index contributed by atoms with van der Waals surface area (Å²) >= 11 is 0. The number of aliphatic imine (C=N–C) groups is 1. The van der Waals surface area contributed by atoms with Crippen LogP contribution in [0.3, 0.4) is 0 Å². The van der Waals surface area contributed by atoms with Gasteiger partial charge in [-0.15, -0.1) is 24.0 Å². The number of piperazine rings is 1. The standard InChI is InChI=1S/C24H45N5O2.HI/c1-6-25-23(26-18-20-10-9-17-31-21(20)24(3,4)5)29-15-13-27(14-16-29)19(2)22(30)28-11-7-8-12-28;/h19-21H,6-18H2,1-5H3,(H,25,26);1H. The molecule has 3 rings (SSSR count). The van der Waals surface area contributed by atoms with Crippen LogP contribution in [-0.2, 0) is 9.53 Å². The van der Waals surface area contributed by atoms with Crippen molar-refractivity contribution in [2.75, 3.05) is 59.0 Å². The first-order chi connectivity index (χ1) is 14.8. The maximum atomic E-state index is 12.8. The van der Waals surface area contributed by atoms with Gasteiger partial charge in [-0.25, -0.2) is 0 Å². The summed E-state index contributed by atoms with van der Waals surface area (Å²) in [4.78, 5) is 24.6. The highest BCUT2D eigenvalue weighted by Gasteiger charge is 2.35. The van der Waals surface area contributed by atoms with Crippen LogP contribution in [-0.4, -0.2) is 97.7 Å². The molecule has 186 valence electrons. The summed E-state index contributed by atoms with van der Waals surface area (Å²) in [6.07, 6.45) is 4.88. The van der Waals surface area contributed by atoms with Gasteiger partial charge < -0.3 is 19.9 Å².